The average molecular weight is 225 g/mol. The van der Waals surface area contributed by atoms with E-state index in [2.05, 4.69) is 0 Å². The predicted octanol–water partition coefficient (Wildman–Crippen LogP) is 2.32. The Bertz CT molecular complexity index is 365. The summed E-state index contributed by atoms with van der Waals surface area (Å²) in [4.78, 5) is 10.4. The van der Waals surface area contributed by atoms with E-state index < -0.39 is 4.92 Å². The number of benzene rings is 1. The first kappa shape index (κ1) is 12.4. The highest BCUT2D eigenvalue weighted by atomic mass is 16.6. The number of hydrogen-bond donors (Lipinski definition) is 0. The van der Waals surface area contributed by atoms with Gasteiger partial charge in [0.2, 0.25) is 0 Å². The Labute approximate surface area is 94.1 Å². The number of nitro benzene ring substituents is 1. The van der Waals surface area contributed by atoms with Gasteiger partial charge in [0, 0.05) is 25.7 Å². The van der Waals surface area contributed by atoms with Gasteiger partial charge in [-0.15, -0.1) is 0 Å². The van der Waals surface area contributed by atoms with Crippen LogP contribution in [0.25, 0.3) is 0 Å². The molecule has 0 N–H and O–H groups in total. The van der Waals surface area contributed by atoms with E-state index >= 15 is 0 Å². The largest absolute Gasteiger partial charge is 0.487 e. The van der Waals surface area contributed by atoms with Crippen LogP contribution in [0.3, 0.4) is 0 Å². The van der Waals surface area contributed by atoms with Gasteiger partial charge >= 0.3 is 5.69 Å². The molecular formula is C11H15NO4. The first-order chi connectivity index (χ1) is 7.66. The van der Waals surface area contributed by atoms with Crippen LogP contribution >= 0.6 is 0 Å². The average Bonchev–Trinajstić information content (AvgIpc) is 2.24. The molecule has 5 nitrogen and oxygen atoms in total. The predicted molar refractivity (Wildman–Crippen MR) is 59.8 cm³/mol. The molecule has 0 aliphatic heterocycles. The summed E-state index contributed by atoms with van der Waals surface area (Å²) in [5.74, 6) is 0.320. The monoisotopic (exact) mass is 225 g/mol. The van der Waals surface area contributed by atoms with Crippen molar-refractivity contribution in [3.63, 3.8) is 0 Å². The summed E-state index contributed by atoms with van der Waals surface area (Å²) in [5.41, 5.74) is 0.647. The Kier molecular flexibility index (Phi) is 4.72. The molecule has 1 rings (SSSR count). The van der Waals surface area contributed by atoms with Crippen LogP contribution in [0.4, 0.5) is 5.69 Å². The van der Waals surface area contributed by atoms with Crippen molar-refractivity contribution in [2.75, 3.05) is 20.3 Å². The van der Waals surface area contributed by atoms with Crippen LogP contribution in [0, 0.1) is 17.0 Å². The first-order valence-corrected chi connectivity index (χ1v) is 5.02. The molecular weight excluding hydrogens is 210 g/mol. The lowest BCUT2D eigenvalue weighted by molar-refractivity contribution is -0.386. The first-order valence-electron chi connectivity index (χ1n) is 5.02. The van der Waals surface area contributed by atoms with Crippen molar-refractivity contribution in [3.8, 4) is 5.75 Å². The van der Waals surface area contributed by atoms with Gasteiger partial charge < -0.3 is 9.47 Å². The van der Waals surface area contributed by atoms with Gasteiger partial charge in [0.15, 0.2) is 5.75 Å². The van der Waals surface area contributed by atoms with Gasteiger partial charge in [-0.3, -0.25) is 10.1 Å². The highest BCUT2D eigenvalue weighted by molar-refractivity contribution is 5.51. The third-order valence-electron chi connectivity index (χ3n) is 2.13. The number of nitro groups is 1. The van der Waals surface area contributed by atoms with Crippen LogP contribution in [-0.2, 0) is 4.74 Å². The summed E-state index contributed by atoms with van der Waals surface area (Å²) < 4.78 is 10.2. The molecule has 0 fully saturated rings. The number of methoxy groups -OCH3 is 1. The van der Waals surface area contributed by atoms with Gasteiger partial charge in [-0.2, -0.15) is 0 Å². The van der Waals surface area contributed by atoms with E-state index in [4.69, 9.17) is 9.47 Å². The maximum absolute atomic E-state index is 10.8. The summed E-state index contributed by atoms with van der Waals surface area (Å²) in [6, 6.07) is 5.05. The summed E-state index contributed by atoms with van der Waals surface area (Å²) in [7, 11) is 1.61. The standard InChI is InChI=1S/C11H15NO4/c1-9-5-3-6-10(11(9)12(13)14)16-8-4-7-15-2/h3,5-6H,4,7-8H2,1-2H3. The Morgan fingerprint density at radius 2 is 2.12 bits per heavy atom. The molecule has 0 saturated heterocycles. The number of nitrogens with zero attached hydrogens (tertiary/aromatic N) is 1. The lowest BCUT2D eigenvalue weighted by Crippen LogP contribution is -2.04. The van der Waals surface area contributed by atoms with Gasteiger partial charge in [-0.05, 0) is 13.0 Å². The van der Waals surface area contributed by atoms with E-state index in [-0.39, 0.29) is 5.69 Å². The lowest BCUT2D eigenvalue weighted by atomic mass is 10.2. The minimum atomic E-state index is -0.416. The molecule has 0 bridgehead atoms. The van der Waals surface area contributed by atoms with E-state index in [0.717, 1.165) is 0 Å². The van der Waals surface area contributed by atoms with Crippen LogP contribution in [0.5, 0.6) is 5.75 Å². The molecule has 0 unspecified atom stereocenters. The molecule has 5 heteroatoms. The molecule has 0 spiro atoms. The van der Waals surface area contributed by atoms with Gasteiger partial charge in [0.25, 0.3) is 0 Å². The quantitative estimate of drug-likeness (QED) is 0.423. The molecule has 1 aromatic rings. The fraction of sp³-hybridized carbons (Fsp3) is 0.455. The zero-order chi connectivity index (χ0) is 12.0. The van der Waals surface area contributed by atoms with Crippen molar-refractivity contribution in [2.24, 2.45) is 0 Å². The number of aryl methyl sites for hydroxylation is 1. The zero-order valence-corrected chi connectivity index (χ0v) is 9.43. The van der Waals surface area contributed by atoms with Crippen molar-refractivity contribution in [1.29, 1.82) is 0 Å². The summed E-state index contributed by atoms with van der Waals surface area (Å²) >= 11 is 0. The van der Waals surface area contributed by atoms with Crippen molar-refractivity contribution in [3.05, 3.63) is 33.9 Å². The fourth-order valence-corrected chi connectivity index (χ4v) is 1.37. The smallest absolute Gasteiger partial charge is 0.313 e. The highest BCUT2D eigenvalue weighted by Gasteiger charge is 2.17. The van der Waals surface area contributed by atoms with Crippen LogP contribution in [-0.4, -0.2) is 25.2 Å². The number of para-hydroxylation sites is 1. The van der Waals surface area contributed by atoms with Gasteiger partial charge in [-0.1, -0.05) is 12.1 Å². The van der Waals surface area contributed by atoms with Gasteiger partial charge in [0.05, 0.1) is 11.5 Å². The van der Waals surface area contributed by atoms with Crippen molar-refractivity contribution < 1.29 is 14.4 Å². The maximum Gasteiger partial charge on any atom is 0.313 e. The summed E-state index contributed by atoms with van der Waals surface area (Å²) in [5, 5.41) is 10.8. The molecule has 16 heavy (non-hydrogen) atoms. The third kappa shape index (κ3) is 3.20. The second-order valence-electron chi connectivity index (χ2n) is 3.37. The molecule has 0 aliphatic carbocycles. The summed E-state index contributed by atoms with van der Waals surface area (Å²) in [6.07, 6.45) is 0.710. The van der Waals surface area contributed by atoms with Crippen LogP contribution < -0.4 is 4.74 Å². The van der Waals surface area contributed by atoms with Crippen LogP contribution in [0.15, 0.2) is 18.2 Å². The molecule has 0 radical (unpaired) electrons. The third-order valence-corrected chi connectivity index (χ3v) is 2.13. The molecule has 0 amide bonds. The van der Waals surface area contributed by atoms with Crippen molar-refractivity contribution in [1.82, 2.24) is 0 Å². The molecule has 0 heterocycles. The van der Waals surface area contributed by atoms with E-state index in [0.29, 0.717) is 30.9 Å². The van der Waals surface area contributed by atoms with Crippen LogP contribution in [0.1, 0.15) is 12.0 Å². The minimum Gasteiger partial charge on any atom is -0.487 e. The molecule has 0 saturated carbocycles. The number of ether oxygens (including phenoxy) is 2. The van der Waals surface area contributed by atoms with E-state index in [1.807, 2.05) is 0 Å². The molecule has 88 valence electrons. The van der Waals surface area contributed by atoms with Gasteiger partial charge in [-0.25, -0.2) is 0 Å². The molecule has 1 aromatic carbocycles. The SMILES string of the molecule is COCCCOc1cccc(C)c1[N+](=O)[O-]. The Balaban J connectivity index is 2.71. The van der Waals surface area contributed by atoms with Crippen molar-refractivity contribution in [2.45, 2.75) is 13.3 Å². The van der Waals surface area contributed by atoms with E-state index in [1.54, 1.807) is 32.2 Å². The second-order valence-corrected chi connectivity index (χ2v) is 3.37. The molecule has 0 atom stereocenters. The second kappa shape index (κ2) is 6.07. The number of rotatable bonds is 6. The molecule has 0 aliphatic rings. The Morgan fingerprint density at radius 1 is 1.38 bits per heavy atom. The summed E-state index contributed by atoms with van der Waals surface area (Å²) in [6.45, 7) is 2.69. The maximum atomic E-state index is 10.8. The minimum absolute atomic E-state index is 0.0416. The normalized spacial score (nSPS) is 10.1. The Hall–Kier alpha value is -1.62. The van der Waals surface area contributed by atoms with Gasteiger partial charge in [0.1, 0.15) is 0 Å². The number of hydrogen-bond acceptors (Lipinski definition) is 4. The molecule has 0 aromatic heterocycles. The highest BCUT2D eigenvalue weighted by Crippen LogP contribution is 2.30. The van der Waals surface area contributed by atoms with E-state index in [1.165, 1.54) is 0 Å². The van der Waals surface area contributed by atoms with Crippen LogP contribution in [0.2, 0.25) is 0 Å². The zero-order valence-electron chi connectivity index (χ0n) is 9.43. The van der Waals surface area contributed by atoms with Crippen molar-refractivity contribution >= 4 is 5.69 Å². The topological polar surface area (TPSA) is 61.6 Å². The Morgan fingerprint density at radius 3 is 2.75 bits per heavy atom. The fourth-order valence-electron chi connectivity index (χ4n) is 1.37. The lowest BCUT2D eigenvalue weighted by Gasteiger charge is -2.07. The van der Waals surface area contributed by atoms with E-state index in [9.17, 15) is 10.1 Å².